The first kappa shape index (κ1) is 28.8. The van der Waals surface area contributed by atoms with Crippen LogP contribution in [0.5, 0.6) is 11.8 Å². The largest absolute Gasteiger partial charge is 0.424 e. The Hall–Kier alpha value is -5.67. The molecule has 0 spiro atoms. The third-order valence-electron chi connectivity index (χ3n) is 5.82. The zero-order valence-electron chi connectivity index (χ0n) is 21.5. The summed E-state index contributed by atoms with van der Waals surface area (Å²) < 4.78 is 86.0. The molecule has 5 rings (SSSR count). The first-order valence-corrected chi connectivity index (χ1v) is 12.1. The minimum Gasteiger partial charge on any atom is -0.424 e. The van der Waals surface area contributed by atoms with Gasteiger partial charge >= 0.3 is 18.2 Å². The number of rotatable bonds is 7. The van der Waals surface area contributed by atoms with Crippen LogP contribution in [0.4, 0.5) is 48.3 Å². The maximum Gasteiger partial charge on any atom is 0.416 e. The molecule has 0 aliphatic rings. The van der Waals surface area contributed by atoms with Crippen LogP contribution in [-0.2, 0) is 6.18 Å². The molecule has 2 aromatic carbocycles. The van der Waals surface area contributed by atoms with E-state index >= 15 is 0 Å². The number of nitrogens with one attached hydrogen (secondary N) is 2. The Morgan fingerprint density at radius 2 is 1.65 bits per heavy atom. The smallest absolute Gasteiger partial charge is 0.416 e. The maximum absolute atomic E-state index is 13.5. The Balaban J connectivity index is 1.27. The molecule has 0 bridgehead atoms. The number of nitrogens with two attached hydrogens (primary N) is 1. The summed E-state index contributed by atoms with van der Waals surface area (Å²) in [6.07, 6.45) is -2.42. The van der Waals surface area contributed by atoms with Crippen LogP contribution in [0.2, 0.25) is 0 Å². The molecule has 5 aromatic rings. The lowest BCUT2D eigenvalue weighted by Crippen LogP contribution is -2.21. The molecule has 0 saturated carbocycles. The van der Waals surface area contributed by atoms with E-state index in [0.29, 0.717) is 22.9 Å². The molecular formula is C27H18F6N8O2. The highest BCUT2D eigenvalue weighted by Gasteiger charge is 2.31. The fraction of sp³-hybridized carbons (Fsp3) is 0.0741. The zero-order valence-corrected chi connectivity index (χ0v) is 21.5. The van der Waals surface area contributed by atoms with Crippen molar-refractivity contribution in [1.82, 2.24) is 24.7 Å². The number of nitrogen functional groups attached to an aromatic ring is 1. The summed E-state index contributed by atoms with van der Waals surface area (Å²) in [5.41, 5.74) is 4.88. The maximum atomic E-state index is 13.5. The normalized spacial score (nSPS) is 11.4. The quantitative estimate of drug-likeness (QED) is 0.174. The van der Waals surface area contributed by atoms with Gasteiger partial charge in [0, 0.05) is 11.8 Å². The third kappa shape index (κ3) is 6.80. The molecule has 3 heterocycles. The highest BCUT2D eigenvalue weighted by molar-refractivity contribution is 6.00. The topological polar surface area (TPSA) is 133 Å². The monoisotopic (exact) mass is 600 g/mol. The summed E-state index contributed by atoms with van der Waals surface area (Å²) >= 11 is 0. The van der Waals surface area contributed by atoms with E-state index in [0.717, 1.165) is 35.4 Å². The molecule has 0 aliphatic heterocycles. The Kier molecular flexibility index (Phi) is 7.83. The number of nitrogens with zero attached hydrogens (tertiary/aromatic N) is 5. The van der Waals surface area contributed by atoms with E-state index in [-0.39, 0.29) is 28.9 Å². The fourth-order valence-corrected chi connectivity index (χ4v) is 3.80. The Bertz CT molecular complexity index is 1760. The number of hydrogen-bond donors (Lipinski definition) is 3. The Morgan fingerprint density at radius 1 is 0.930 bits per heavy atom. The highest BCUT2D eigenvalue weighted by atomic mass is 19.4. The Labute approximate surface area is 238 Å². The Morgan fingerprint density at radius 3 is 2.30 bits per heavy atom. The molecule has 4 N–H and O–H groups in total. The molecule has 0 atom stereocenters. The number of ether oxygens (including phenoxy) is 1. The van der Waals surface area contributed by atoms with Crippen molar-refractivity contribution < 1.29 is 35.9 Å². The van der Waals surface area contributed by atoms with Crippen molar-refractivity contribution in [3.63, 3.8) is 0 Å². The van der Waals surface area contributed by atoms with Crippen molar-refractivity contribution in [3.05, 3.63) is 96.5 Å². The molecule has 0 saturated heterocycles. The lowest BCUT2D eigenvalue weighted by atomic mass is 10.1. The van der Waals surface area contributed by atoms with Gasteiger partial charge in [-0.25, -0.2) is 37.6 Å². The van der Waals surface area contributed by atoms with Crippen LogP contribution < -0.4 is 21.1 Å². The molecule has 0 unspecified atom stereocenters. The van der Waals surface area contributed by atoms with E-state index in [1.807, 2.05) is 0 Å². The van der Waals surface area contributed by atoms with Gasteiger partial charge in [-0.05, 0) is 42.0 Å². The van der Waals surface area contributed by atoms with Crippen molar-refractivity contribution in [3.8, 4) is 28.6 Å². The van der Waals surface area contributed by atoms with Crippen LogP contribution in [0.1, 0.15) is 17.6 Å². The van der Waals surface area contributed by atoms with Gasteiger partial charge in [-0.15, -0.1) is 0 Å². The number of pyridine rings is 1. The number of carbonyl (C=O) groups excluding carboxylic acids is 1. The standard InChI is InChI=1S/C27H18F6N8O2/c28-17-8-20(24(34)35-10-17)14-1-4-19(5-2-14)43-26-36-11-18(12-37-26)39-25(42)40-21-7-16(27(31,32)33)3-6-22(21)41-13-15(9-38-41)23(29)30/h1-13,23H,(H2,34,35)(H2,39,40,42). The number of aromatic nitrogens is 5. The second-order valence-corrected chi connectivity index (χ2v) is 8.79. The van der Waals surface area contributed by atoms with Crippen LogP contribution in [0, 0.1) is 5.82 Å². The number of hydrogen-bond acceptors (Lipinski definition) is 7. The molecule has 2 amide bonds. The van der Waals surface area contributed by atoms with Gasteiger partial charge in [-0.1, -0.05) is 12.1 Å². The predicted molar refractivity (Wildman–Crippen MR) is 142 cm³/mol. The van der Waals surface area contributed by atoms with Crippen molar-refractivity contribution >= 4 is 23.2 Å². The van der Waals surface area contributed by atoms with Crippen LogP contribution in [0.3, 0.4) is 0 Å². The van der Waals surface area contributed by atoms with Crippen molar-refractivity contribution in [1.29, 1.82) is 0 Å². The minimum absolute atomic E-state index is 0.0573. The number of alkyl halides is 5. The van der Waals surface area contributed by atoms with Gasteiger partial charge < -0.3 is 21.1 Å². The van der Waals surface area contributed by atoms with Crippen LogP contribution in [0.25, 0.3) is 16.8 Å². The minimum atomic E-state index is -4.74. The van der Waals surface area contributed by atoms with Gasteiger partial charge in [0.2, 0.25) is 0 Å². The van der Waals surface area contributed by atoms with E-state index in [2.05, 4.69) is 30.7 Å². The molecule has 16 heteroatoms. The number of anilines is 3. The van der Waals surface area contributed by atoms with Crippen LogP contribution in [0.15, 0.2) is 79.5 Å². The lowest BCUT2D eigenvalue weighted by Gasteiger charge is -2.15. The van der Waals surface area contributed by atoms with Gasteiger partial charge in [0.05, 0.1) is 53.0 Å². The van der Waals surface area contributed by atoms with E-state index in [1.165, 1.54) is 18.5 Å². The first-order chi connectivity index (χ1) is 20.5. The fourth-order valence-electron chi connectivity index (χ4n) is 3.80. The van der Waals surface area contributed by atoms with E-state index in [9.17, 15) is 31.1 Å². The van der Waals surface area contributed by atoms with E-state index < -0.39 is 35.6 Å². The SMILES string of the molecule is Nc1ncc(F)cc1-c1ccc(Oc2ncc(NC(=O)Nc3cc(C(F)(F)F)ccc3-n3cc(C(F)F)cn3)cn2)cc1. The summed E-state index contributed by atoms with van der Waals surface area (Å²) in [5, 5.41) is 8.38. The molecule has 0 fully saturated rings. The number of amides is 2. The predicted octanol–water partition coefficient (Wildman–Crippen LogP) is 6.84. The summed E-state index contributed by atoms with van der Waals surface area (Å²) in [5.74, 6) is -0.0650. The summed E-state index contributed by atoms with van der Waals surface area (Å²) in [4.78, 5) is 24.4. The number of urea groups is 1. The van der Waals surface area contributed by atoms with E-state index in [1.54, 1.807) is 24.3 Å². The van der Waals surface area contributed by atoms with Crippen LogP contribution in [-0.4, -0.2) is 30.8 Å². The van der Waals surface area contributed by atoms with Gasteiger partial charge in [-0.3, -0.25) is 0 Å². The summed E-state index contributed by atoms with van der Waals surface area (Å²) in [6.45, 7) is 0. The summed E-state index contributed by atoms with van der Waals surface area (Å²) in [6, 6.07) is 8.94. The lowest BCUT2D eigenvalue weighted by molar-refractivity contribution is -0.137. The number of halogens is 6. The van der Waals surface area contributed by atoms with Crippen molar-refractivity contribution in [2.24, 2.45) is 0 Å². The number of carbonyl (C=O) groups is 1. The zero-order chi connectivity index (χ0) is 30.7. The van der Waals surface area contributed by atoms with Gasteiger partial charge in [-0.2, -0.15) is 18.3 Å². The van der Waals surface area contributed by atoms with Gasteiger partial charge in [0.25, 0.3) is 6.43 Å². The van der Waals surface area contributed by atoms with Crippen LogP contribution >= 0.6 is 0 Å². The average Bonchev–Trinajstić information content (AvgIpc) is 3.46. The molecule has 0 aliphatic carbocycles. The van der Waals surface area contributed by atoms with Crippen molar-refractivity contribution in [2.45, 2.75) is 12.6 Å². The molecule has 0 radical (unpaired) electrons. The molecule has 220 valence electrons. The molecule has 43 heavy (non-hydrogen) atoms. The second kappa shape index (κ2) is 11.7. The van der Waals surface area contributed by atoms with Crippen molar-refractivity contribution in [2.75, 3.05) is 16.4 Å². The average molecular weight is 600 g/mol. The summed E-state index contributed by atoms with van der Waals surface area (Å²) in [7, 11) is 0. The second-order valence-electron chi connectivity index (χ2n) is 8.79. The van der Waals surface area contributed by atoms with Gasteiger partial charge in [0.15, 0.2) is 0 Å². The first-order valence-electron chi connectivity index (χ1n) is 12.1. The third-order valence-corrected chi connectivity index (χ3v) is 5.82. The molecule has 3 aromatic heterocycles. The van der Waals surface area contributed by atoms with E-state index in [4.69, 9.17) is 10.5 Å². The highest BCUT2D eigenvalue weighted by Crippen LogP contribution is 2.34. The number of benzene rings is 2. The van der Waals surface area contributed by atoms with Gasteiger partial charge in [0.1, 0.15) is 17.4 Å². The molecule has 10 nitrogen and oxygen atoms in total. The molecular weight excluding hydrogens is 582 g/mol.